The number of nitrogens with zero attached hydrogens (tertiary/aromatic N) is 3. The molecule has 1 saturated heterocycles. The fourth-order valence-electron chi connectivity index (χ4n) is 3.61. The van der Waals surface area contributed by atoms with Crippen molar-refractivity contribution in [1.82, 2.24) is 14.3 Å². The number of hydrogen-bond acceptors (Lipinski definition) is 5. The molecule has 1 aliphatic heterocycles. The third-order valence-electron chi connectivity index (χ3n) is 5.25. The Morgan fingerprint density at radius 2 is 2.19 bits per heavy atom. The van der Waals surface area contributed by atoms with E-state index < -0.39 is 0 Å². The number of carbonyl (C=O) groups excluding carboxylic acids is 1. The van der Waals surface area contributed by atoms with Crippen LogP contribution in [0.4, 0.5) is 0 Å². The Kier molecular flexibility index (Phi) is 4.19. The maximum atomic E-state index is 13.2. The summed E-state index contributed by atoms with van der Waals surface area (Å²) in [7, 11) is 0. The summed E-state index contributed by atoms with van der Waals surface area (Å²) in [6.07, 6.45) is 4.78. The lowest BCUT2D eigenvalue weighted by Gasteiger charge is -2.37. The van der Waals surface area contributed by atoms with E-state index in [0.717, 1.165) is 29.2 Å². The Hall–Kier alpha value is -2.41. The number of aryl methyl sites for hydroxylation is 2. The monoisotopic (exact) mass is 371 g/mol. The van der Waals surface area contributed by atoms with Crippen LogP contribution in [-0.4, -0.2) is 26.7 Å². The lowest BCUT2D eigenvalue weighted by molar-refractivity contribution is 0.0518. The second-order valence-electron chi connectivity index (χ2n) is 7.00. The first-order chi connectivity index (χ1) is 12.5. The van der Waals surface area contributed by atoms with Crippen LogP contribution in [0, 0.1) is 19.8 Å². The van der Waals surface area contributed by atoms with Crippen molar-refractivity contribution in [2.75, 3.05) is 6.54 Å². The molecule has 26 heavy (non-hydrogen) atoms. The molecular formula is C19H21N3O3S. The molecule has 0 radical (unpaired) electrons. The first-order valence-corrected chi connectivity index (χ1v) is 9.61. The van der Waals surface area contributed by atoms with Gasteiger partial charge in [-0.1, -0.05) is 6.92 Å². The number of thiazole rings is 1. The van der Waals surface area contributed by atoms with Gasteiger partial charge in [0.25, 0.3) is 11.5 Å². The fraction of sp³-hybridized carbons (Fsp3) is 0.421. The molecular weight excluding hydrogens is 350 g/mol. The van der Waals surface area contributed by atoms with Crippen LogP contribution in [0.15, 0.2) is 33.8 Å². The maximum absolute atomic E-state index is 13.2. The predicted molar refractivity (Wildman–Crippen MR) is 99.7 cm³/mol. The number of amides is 1. The number of furan rings is 1. The highest BCUT2D eigenvalue weighted by Gasteiger charge is 2.34. The van der Waals surface area contributed by atoms with Gasteiger partial charge in [0.2, 0.25) is 0 Å². The summed E-state index contributed by atoms with van der Waals surface area (Å²) in [5.41, 5.74) is 0.667. The molecule has 3 aromatic heterocycles. The quantitative estimate of drug-likeness (QED) is 0.690. The number of aromatic nitrogens is 2. The van der Waals surface area contributed by atoms with Crippen molar-refractivity contribution in [2.24, 2.45) is 5.92 Å². The van der Waals surface area contributed by atoms with E-state index in [0.29, 0.717) is 17.4 Å². The zero-order valence-electron chi connectivity index (χ0n) is 15.1. The van der Waals surface area contributed by atoms with Gasteiger partial charge >= 0.3 is 0 Å². The van der Waals surface area contributed by atoms with E-state index in [1.165, 1.54) is 17.5 Å². The van der Waals surface area contributed by atoms with Crippen LogP contribution in [0.2, 0.25) is 0 Å². The number of likely N-dealkylation sites (tertiary alicyclic amines) is 1. The van der Waals surface area contributed by atoms with Crippen LogP contribution >= 0.6 is 11.3 Å². The summed E-state index contributed by atoms with van der Waals surface area (Å²) < 4.78 is 7.11. The van der Waals surface area contributed by atoms with E-state index in [4.69, 9.17) is 4.42 Å². The maximum Gasteiger partial charge on any atom is 0.271 e. The summed E-state index contributed by atoms with van der Waals surface area (Å²) in [5, 5.41) is 0. The Morgan fingerprint density at radius 3 is 2.92 bits per heavy atom. The molecule has 136 valence electrons. The van der Waals surface area contributed by atoms with Crippen molar-refractivity contribution in [3.63, 3.8) is 0 Å². The van der Waals surface area contributed by atoms with Gasteiger partial charge < -0.3 is 9.32 Å². The zero-order valence-corrected chi connectivity index (χ0v) is 15.9. The van der Waals surface area contributed by atoms with E-state index in [1.807, 2.05) is 26.0 Å². The van der Waals surface area contributed by atoms with Crippen LogP contribution in [0.5, 0.6) is 0 Å². The minimum absolute atomic E-state index is 0.120. The molecule has 1 amide bonds. The number of carbonyl (C=O) groups is 1. The van der Waals surface area contributed by atoms with Crippen molar-refractivity contribution in [1.29, 1.82) is 0 Å². The second kappa shape index (κ2) is 6.39. The summed E-state index contributed by atoms with van der Waals surface area (Å²) in [5.74, 6) is 0.993. The summed E-state index contributed by atoms with van der Waals surface area (Å²) in [6.45, 7) is 6.62. The van der Waals surface area contributed by atoms with Gasteiger partial charge in [0.15, 0.2) is 4.96 Å². The van der Waals surface area contributed by atoms with E-state index in [1.54, 1.807) is 15.6 Å². The van der Waals surface area contributed by atoms with Gasteiger partial charge in [0, 0.05) is 23.3 Å². The highest BCUT2D eigenvalue weighted by Crippen LogP contribution is 2.35. The van der Waals surface area contributed by atoms with Crippen LogP contribution in [0.25, 0.3) is 4.96 Å². The number of hydrogen-bond donors (Lipinski definition) is 0. The van der Waals surface area contributed by atoms with Gasteiger partial charge in [-0.25, -0.2) is 4.98 Å². The van der Waals surface area contributed by atoms with Gasteiger partial charge in [-0.15, -0.1) is 11.3 Å². The Bertz CT molecular complexity index is 1020. The molecule has 7 heteroatoms. The molecule has 0 bridgehead atoms. The minimum atomic E-state index is -0.293. The summed E-state index contributed by atoms with van der Waals surface area (Å²) >= 11 is 1.46. The van der Waals surface area contributed by atoms with Crippen LogP contribution < -0.4 is 5.56 Å². The van der Waals surface area contributed by atoms with E-state index in [-0.39, 0.29) is 23.1 Å². The predicted octanol–water partition coefficient (Wildman–Crippen LogP) is 3.58. The first-order valence-electron chi connectivity index (χ1n) is 8.79. The highest BCUT2D eigenvalue weighted by molar-refractivity contribution is 7.17. The normalized spacial score (nSPS) is 20.7. The van der Waals surface area contributed by atoms with Crippen LogP contribution in [0.1, 0.15) is 52.5 Å². The average Bonchev–Trinajstić information content (AvgIpc) is 3.24. The molecule has 6 nitrogen and oxygen atoms in total. The topological polar surface area (TPSA) is 67.8 Å². The molecule has 4 heterocycles. The summed E-state index contributed by atoms with van der Waals surface area (Å²) in [6, 6.07) is 3.58. The van der Waals surface area contributed by atoms with Crippen LogP contribution in [0.3, 0.4) is 0 Å². The number of fused-ring (bicyclic) bond motifs is 1. The third kappa shape index (κ3) is 2.67. The van der Waals surface area contributed by atoms with Gasteiger partial charge in [0.05, 0.1) is 12.3 Å². The molecule has 3 aromatic rings. The molecule has 0 unspecified atom stereocenters. The minimum Gasteiger partial charge on any atom is -0.467 e. The molecule has 4 rings (SSSR count). The van der Waals surface area contributed by atoms with E-state index in [9.17, 15) is 9.59 Å². The van der Waals surface area contributed by atoms with Gasteiger partial charge in [-0.05, 0) is 44.7 Å². The molecule has 0 spiro atoms. The van der Waals surface area contributed by atoms with Crippen molar-refractivity contribution in [2.45, 2.75) is 39.7 Å². The van der Waals surface area contributed by atoms with Crippen molar-refractivity contribution in [3.05, 3.63) is 56.8 Å². The third-order valence-corrected chi connectivity index (χ3v) is 6.32. The molecule has 1 fully saturated rings. The highest BCUT2D eigenvalue weighted by atomic mass is 32.1. The Morgan fingerprint density at radius 1 is 1.38 bits per heavy atom. The van der Waals surface area contributed by atoms with Crippen molar-refractivity contribution in [3.8, 4) is 0 Å². The van der Waals surface area contributed by atoms with Crippen LogP contribution in [-0.2, 0) is 0 Å². The van der Waals surface area contributed by atoms with Gasteiger partial charge in [-0.3, -0.25) is 14.0 Å². The average molecular weight is 371 g/mol. The Balaban J connectivity index is 1.77. The lowest BCUT2D eigenvalue weighted by Crippen LogP contribution is -2.42. The zero-order chi connectivity index (χ0) is 18.4. The van der Waals surface area contributed by atoms with E-state index >= 15 is 0 Å². The standard InChI is InChI=1S/C19H21N3O3S/c1-11-6-7-21(15(9-11)16-5-4-8-25-16)17(23)14-10-20-19-22(18(14)24)12(2)13(3)26-19/h4-5,8,10-11,15H,6-7,9H2,1-3H3/t11-,15-/m1/s1. The molecule has 2 atom stereocenters. The number of piperidine rings is 1. The van der Waals surface area contributed by atoms with Gasteiger partial charge in [0.1, 0.15) is 11.3 Å². The summed E-state index contributed by atoms with van der Waals surface area (Å²) in [4.78, 5) is 34.0. The van der Waals surface area contributed by atoms with Crippen molar-refractivity contribution >= 4 is 22.2 Å². The van der Waals surface area contributed by atoms with E-state index in [2.05, 4.69) is 11.9 Å². The molecule has 0 N–H and O–H groups in total. The molecule has 0 aliphatic carbocycles. The molecule has 0 aromatic carbocycles. The largest absolute Gasteiger partial charge is 0.467 e. The molecule has 1 aliphatic rings. The first kappa shape index (κ1) is 17.0. The lowest BCUT2D eigenvalue weighted by atomic mass is 9.90. The molecule has 0 saturated carbocycles. The second-order valence-corrected chi connectivity index (χ2v) is 8.18. The SMILES string of the molecule is Cc1sc2ncc(C(=O)N3CC[C@@H](C)C[C@@H]3c3ccco3)c(=O)n2c1C. The van der Waals surface area contributed by atoms with Crippen molar-refractivity contribution < 1.29 is 9.21 Å². The van der Waals surface area contributed by atoms with Gasteiger partial charge in [-0.2, -0.15) is 0 Å². The smallest absolute Gasteiger partial charge is 0.271 e. The number of rotatable bonds is 2. The fourth-order valence-corrected chi connectivity index (χ4v) is 4.54. The Labute approximate surface area is 155 Å².